The van der Waals surface area contributed by atoms with Gasteiger partial charge in [0.1, 0.15) is 4.90 Å². The Labute approximate surface area is 117 Å². The first-order valence-corrected chi connectivity index (χ1v) is 8.13. The van der Waals surface area contributed by atoms with E-state index in [-0.39, 0.29) is 6.04 Å². The van der Waals surface area contributed by atoms with Gasteiger partial charge in [-0.25, -0.2) is 12.4 Å². The third kappa shape index (κ3) is 1.49. The van der Waals surface area contributed by atoms with Crippen molar-refractivity contribution in [2.75, 3.05) is 24.5 Å². The van der Waals surface area contributed by atoms with Crippen molar-refractivity contribution in [1.29, 1.82) is 0 Å². The molecule has 1 saturated heterocycles. The van der Waals surface area contributed by atoms with E-state index in [1.165, 1.54) is 3.97 Å². The summed E-state index contributed by atoms with van der Waals surface area (Å²) in [5.41, 5.74) is 1.64. The summed E-state index contributed by atoms with van der Waals surface area (Å²) in [6.07, 6.45) is 1.64. The lowest BCUT2D eigenvalue weighted by atomic mass is 10.1. The SMILES string of the molecule is O=S1(=O)c2ccccc2N2CCNCC2c2cccn21. The zero-order chi connectivity index (χ0) is 13.7. The van der Waals surface area contributed by atoms with Crippen LogP contribution in [0.3, 0.4) is 0 Å². The second-order valence-corrected chi connectivity index (χ2v) is 6.90. The molecule has 0 saturated carbocycles. The average molecular weight is 289 g/mol. The van der Waals surface area contributed by atoms with E-state index in [1.807, 2.05) is 18.2 Å². The Balaban J connectivity index is 2.07. The van der Waals surface area contributed by atoms with Gasteiger partial charge in [-0.05, 0) is 24.3 Å². The Kier molecular flexibility index (Phi) is 2.46. The number of nitrogens with zero attached hydrogens (tertiary/aromatic N) is 2. The fourth-order valence-electron chi connectivity index (χ4n) is 3.13. The molecule has 0 spiro atoms. The maximum Gasteiger partial charge on any atom is 0.269 e. The Bertz CT molecular complexity index is 766. The third-order valence-electron chi connectivity index (χ3n) is 4.04. The minimum absolute atomic E-state index is 0.0529. The highest BCUT2D eigenvalue weighted by Crippen LogP contribution is 2.38. The van der Waals surface area contributed by atoms with Gasteiger partial charge in [0, 0.05) is 25.8 Å². The van der Waals surface area contributed by atoms with Crippen LogP contribution in [-0.2, 0) is 10.0 Å². The van der Waals surface area contributed by atoms with Gasteiger partial charge in [-0.15, -0.1) is 0 Å². The first kappa shape index (κ1) is 12.0. The molecule has 1 N–H and O–H groups in total. The number of para-hydroxylation sites is 1. The number of hydrogen-bond acceptors (Lipinski definition) is 4. The first-order chi connectivity index (χ1) is 9.69. The van der Waals surface area contributed by atoms with Crippen LogP contribution < -0.4 is 10.2 Å². The van der Waals surface area contributed by atoms with E-state index in [0.717, 1.165) is 31.0 Å². The van der Waals surface area contributed by atoms with Crippen LogP contribution in [0.2, 0.25) is 0 Å². The molecule has 0 bridgehead atoms. The van der Waals surface area contributed by atoms with Gasteiger partial charge in [0.15, 0.2) is 0 Å². The fourth-order valence-corrected chi connectivity index (χ4v) is 4.73. The molecule has 20 heavy (non-hydrogen) atoms. The summed E-state index contributed by atoms with van der Waals surface area (Å²) < 4.78 is 27.1. The van der Waals surface area contributed by atoms with Crippen molar-refractivity contribution in [3.05, 3.63) is 48.3 Å². The summed E-state index contributed by atoms with van der Waals surface area (Å²) in [6, 6.07) is 11.0. The zero-order valence-corrected chi connectivity index (χ0v) is 11.7. The topological polar surface area (TPSA) is 54.3 Å². The van der Waals surface area contributed by atoms with E-state index in [1.54, 1.807) is 24.4 Å². The van der Waals surface area contributed by atoms with Crippen LogP contribution >= 0.6 is 0 Å². The van der Waals surface area contributed by atoms with Gasteiger partial charge in [0.2, 0.25) is 0 Å². The van der Waals surface area contributed by atoms with Gasteiger partial charge in [-0.2, -0.15) is 0 Å². The number of benzene rings is 1. The van der Waals surface area contributed by atoms with Gasteiger partial charge < -0.3 is 10.2 Å². The number of nitrogens with one attached hydrogen (secondary N) is 1. The van der Waals surface area contributed by atoms with Crippen LogP contribution in [0.15, 0.2) is 47.5 Å². The molecule has 1 aromatic carbocycles. The highest BCUT2D eigenvalue weighted by atomic mass is 32.2. The van der Waals surface area contributed by atoms with E-state index < -0.39 is 10.0 Å². The lowest BCUT2D eigenvalue weighted by Crippen LogP contribution is -2.46. The monoisotopic (exact) mass is 289 g/mol. The summed E-state index contributed by atoms with van der Waals surface area (Å²) in [6.45, 7) is 2.43. The normalized spacial score (nSPS) is 23.4. The number of fused-ring (bicyclic) bond motifs is 5. The van der Waals surface area contributed by atoms with Crippen molar-refractivity contribution < 1.29 is 8.42 Å². The largest absolute Gasteiger partial charge is 0.359 e. The number of piperazine rings is 1. The predicted molar refractivity (Wildman–Crippen MR) is 76.4 cm³/mol. The predicted octanol–water partition coefficient (Wildman–Crippen LogP) is 1.19. The molecule has 1 aromatic heterocycles. The van der Waals surface area contributed by atoms with Crippen LogP contribution in [0.25, 0.3) is 0 Å². The average Bonchev–Trinajstić information content (AvgIpc) is 2.95. The summed E-state index contributed by atoms with van der Waals surface area (Å²) in [5, 5.41) is 3.35. The molecule has 1 fully saturated rings. The van der Waals surface area contributed by atoms with Gasteiger partial charge in [-0.1, -0.05) is 12.1 Å². The minimum atomic E-state index is -3.51. The van der Waals surface area contributed by atoms with Crippen LogP contribution in [0.5, 0.6) is 0 Å². The number of hydrogen-bond donors (Lipinski definition) is 1. The molecular formula is C14H15N3O2S. The second kappa shape index (κ2) is 4.10. The highest BCUT2D eigenvalue weighted by molar-refractivity contribution is 7.90. The molecule has 5 nitrogen and oxygen atoms in total. The van der Waals surface area contributed by atoms with E-state index in [9.17, 15) is 8.42 Å². The Morgan fingerprint density at radius 1 is 1.15 bits per heavy atom. The molecule has 1 atom stereocenters. The minimum Gasteiger partial charge on any atom is -0.359 e. The number of anilines is 1. The molecule has 4 rings (SSSR count). The van der Waals surface area contributed by atoms with Crippen molar-refractivity contribution >= 4 is 15.7 Å². The van der Waals surface area contributed by atoms with Gasteiger partial charge in [-0.3, -0.25) is 0 Å². The lowest BCUT2D eigenvalue weighted by Gasteiger charge is -2.36. The smallest absolute Gasteiger partial charge is 0.269 e. The summed E-state index contributed by atoms with van der Waals surface area (Å²) in [7, 11) is -3.51. The molecule has 2 aromatic rings. The molecule has 0 radical (unpaired) electrons. The Hall–Kier alpha value is -1.79. The molecule has 2 aliphatic heterocycles. The molecule has 0 aliphatic carbocycles. The molecule has 0 amide bonds. The van der Waals surface area contributed by atoms with E-state index in [0.29, 0.717) is 4.90 Å². The zero-order valence-electron chi connectivity index (χ0n) is 10.9. The Morgan fingerprint density at radius 2 is 2.00 bits per heavy atom. The highest BCUT2D eigenvalue weighted by Gasteiger charge is 2.36. The Morgan fingerprint density at radius 3 is 2.90 bits per heavy atom. The fraction of sp³-hybridized carbons (Fsp3) is 0.286. The van der Waals surface area contributed by atoms with Gasteiger partial charge in [0.05, 0.1) is 17.4 Å². The van der Waals surface area contributed by atoms with Crippen LogP contribution in [0, 0.1) is 0 Å². The van der Waals surface area contributed by atoms with Crippen molar-refractivity contribution in [1.82, 2.24) is 9.29 Å². The summed E-state index contributed by atoms with van der Waals surface area (Å²) >= 11 is 0. The number of rotatable bonds is 0. The maximum absolute atomic E-state index is 12.8. The van der Waals surface area contributed by atoms with Crippen LogP contribution in [0.4, 0.5) is 5.69 Å². The standard InChI is InChI=1S/C14H15N3O2S/c18-20(19)14-6-2-1-4-12(14)16-9-7-15-10-13(16)11-5-3-8-17(11)20/h1-6,8,13,15H,7,9-10H2. The first-order valence-electron chi connectivity index (χ1n) is 6.69. The van der Waals surface area contributed by atoms with Crippen molar-refractivity contribution in [2.24, 2.45) is 0 Å². The van der Waals surface area contributed by atoms with E-state index >= 15 is 0 Å². The molecule has 1 unspecified atom stereocenters. The second-order valence-electron chi connectivity index (χ2n) is 5.11. The van der Waals surface area contributed by atoms with Crippen LogP contribution in [-0.4, -0.2) is 32.0 Å². The lowest BCUT2D eigenvalue weighted by molar-refractivity contribution is 0.481. The molecular weight excluding hydrogens is 274 g/mol. The molecule has 3 heterocycles. The molecule has 2 aliphatic rings. The van der Waals surface area contributed by atoms with E-state index in [4.69, 9.17) is 0 Å². The van der Waals surface area contributed by atoms with E-state index in [2.05, 4.69) is 10.2 Å². The van der Waals surface area contributed by atoms with Crippen LogP contribution in [0.1, 0.15) is 11.7 Å². The third-order valence-corrected chi connectivity index (χ3v) is 5.79. The summed E-state index contributed by atoms with van der Waals surface area (Å²) in [4.78, 5) is 2.59. The molecule has 6 heteroatoms. The quantitative estimate of drug-likeness (QED) is 0.791. The summed E-state index contributed by atoms with van der Waals surface area (Å²) in [5.74, 6) is 0. The van der Waals surface area contributed by atoms with Gasteiger partial charge in [0.25, 0.3) is 10.0 Å². The number of aromatic nitrogens is 1. The van der Waals surface area contributed by atoms with Crippen molar-refractivity contribution in [3.8, 4) is 0 Å². The maximum atomic E-state index is 12.8. The van der Waals surface area contributed by atoms with Crippen molar-refractivity contribution in [3.63, 3.8) is 0 Å². The molecule has 104 valence electrons. The van der Waals surface area contributed by atoms with Crippen molar-refractivity contribution in [2.45, 2.75) is 10.9 Å². The van der Waals surface area contributed by atoms with Gasteiger partial charge >= 0.3 is 0 Å².